The highest BCUT2D eigenvalue weighted by Gasteiger charge is 2.22. The summed E-state index contributed by atoms with van der Waals surface area (Å²) < 4.78 is 1.45. The number of benzene rings is 1. The van der Waals surface area contributed by atoms with Crippen LogP contribution in [-0.4, -0.2) is 19.7 Å². The molecule has 6 nitrogen and oxygen atoms in total. The van der Waals surface area contributed by atoms with Gasteiger partial charge in [-0.2, -0.15) is 5.10 Å². The Morgan fingerprint density at radius 2 is 2.09 bits per heavy atom. The molecule has 0 saturated carbocycles. The van der Waals surface area contributed by atoms with Gasteiger partial charge in [0, 0.05) is 6.07 Å². The minimum atomic E-state index is -0.389. The van der Waals surface area contributed by atoms with Crippen LogP contribution in [0.5, 0.6) is 0 Å². The highest BCUT2D eigenvalue weighted by Crippen LogP contribution is 2.24. The Morgan fingerprint density at radius 3 is 2.73 bits per heavy atom. The number of aromatic amines is 1. The van der Waals surface area contributed by atoms with Crippen molar-refractivity contribution in [2.75, 3.05) is 0 Å². The molecule has 0 aliphatic rings. The van der Waals surface area contributed by atoms with E-state index in [1.165, 1.54) is 4.57 Å². The van der Waals surface area contributed by atoms with Gasteiger partial charge in [0.15, 0.2) is 0 Å². The first kappa shape index (κ1) is 14.7. The molecule has 2 aromatic heterocycles. The normalized spacial score (nSPS) is 13.0. The Kier molecular flexibility index (Phi) is 3.72. The third kappa shape index (κ3) is 2.30. The lowest BCUT2D eigenvalue weighted by atomic mass is 10.0. The lowest BCUT2D eigenvalue weighted by molar-refractivity contribution is 0.478. The van der Waals surface area contributed by atoms with E-state index in [2.05, 4.69) is 15.2 Å². The van der Waals surface area contributed by atoms with E-state index in [-0.39, 0.29) is 17.5 Å². The molecule has 3 N–H and O–H groups in total. The highest BCUT2D eigenvalue weighted by molar-refractivity contribution is 6.35. The Balaban J connectivity index is 2.43. The van der Waals surface area contributed by atoms with Gasteiger partial charge < -0.3 is 5.73 Å². The number of aromatic nitrogens is 4. The van der Waals surface area contributed by atoms with Crippen LogP contribution in [0, 0.1) is 5.92 Å². The maximum Gasteiger partial charge on any atom is 0.268 e. The summed E-state index contributed by atoms with van der Waals surface area (Å²) in [6, 6.07) is 6.51. The number of hydrogen-bond acceptors (Lipinski definition) is 4. The lowest BCUT2D eigenvalue weighted by Gasteiger charge is -2.20. The van der Waals surface area contributed by atoms with Crippen LogP contribution in [0.2, 0.25) is 5.02 Å². The fraction of sp³-hybridized carbons (Fsp3) is 0.267. The van der Waals surface area contributed by atoms with Crippen LogP contribution in [0.3, 0.4) is 0 Å². The molecule has 114 valence electrons. The quantitative estimate of drug-likeness (QED) is 0.776. The second kappa shape index (κ2) is 5.55. The van der Waals surface area contributed by atoms with Crippen molar-refractivity contribution >= 4 is 22.5 Å². The number of nitrogens with two attached hydrogens (primary N) is 1. The summed E-state index contributed by atoms with van der Waals surface area (Å²) in [4.78, 5) is 17.5. The number of fused-ring (bicyclic) bond motifs is 1. The van der Waals surface area contributed by atoms with E-state index < -0.39 is 0 Å². The molecule has 0 radical (unpaired) electrons. The molecule has 0 bridgehead atoms. The molecule has 3 aromatic rings. The summed E-state index contributed by atoms with van der Waals surface area (Å²) in [6.07, 6.45) is 1.57. The van der Waals surface area contributed by atoms with Crippen LogP contribution in [0.1, 0.15) is 25.7 Å². The molecule has 0 fully saturated rings. The fourth-order valence-electron chi connectivity index (χ4n) is 2.33. The van der Waals surface area contributed by atoms with Gasteiger partial charge >= 0.3 is 0 Å². The topological polar surface area (TPSA) is 89.6 Å². The summed E-state index contributed by atoms with van der Waals surface area (Å²) in [5.74, 6) is 1.13. The summed E-state index contributed by atoms with van der Waals surface area (Å²) in [5.41, 5.74) is 6.54. The van der Waals surface area contributed by atoms with Crippen molar-refractivity contribution in [3.8, 4) is 5.82 Å². The van der Waals surface area contributed by atoms with E-state index in [0.717, 1.165) is 0 Å². The molecule has 1 aromatic carbocycles. The fourth-order valence-corrected chi connectivity index (χ4v) is 2.58. The van der Waals surface area contributed by atoms with Gasteiger partial charge in [-0.15, -0.1) is 0 Å². The van der Waals surface area contributed by atoms with Crippen molar-refractivity contribution in [3.63, 3.8) is 0 Å². The summed E-state index contributed by atoms with van der Waals surface area (Å²) >= 11 is 6.18. The summed E-state index contributed by atoms with van der Waals surface area (Å²) in [5, 5.41) is 7.43. The molecular weight excluding hydrogens is 302 g/mol. The van der Waals surface area contributed by atoms with Gasteiger partial charge in [0.25, 0.3) is 5.56 Å². The molecule has 0 spiro atoms. The molecule has 7 heteroatoms. The largest absolute Gasteiger partial charge is 0.321 e. The number of halogens is 1. The molecule has 0 aliphatic heterocycles. The van der Waals surface area contributed by atoms with Gasteiger partial charge in [-0.1, -0.05) is 31.5 Å². The molecule has 0 unspecified atom stereocenters. The Labute approximate surface area is 131 Å². The first-order chi connectivity index (χ1) is 10.5. The second-order valence-electron chi connectivity index (χ2n) is 5.46. The predicted molar refractivity (Wildman–Crippen MR) is 86.3 cm³/mol. The van der Waals surface area contributed by atoms with Crippen molar-refractivity contribution in [1.29, 1.82) is 0 Å². The molecule has 1 atom stereocenters. The maximum absolute atomic E-state index is 12.9. The van der Waals surface area contributed by atoms with Crippen LogP contribution in [0.25, 0.3) is 16.7 Å². The summed E-state index contributed by atoms with van der Waals surface area (Å²) in [6.45, 7) is 3.96. The minimum absolute atomic E-state index is 0.123. The SMILES string of the molecule is CC(C)[C@H](N)c1nc2cccc(Cl)c2c(=O)n1-c1ccn[nH]1. The molecule has 3 rings (SSSR count). The van der Waals surface area contributed by atoms with Gasteiger partial charge in [0.05, 0.1) is 28.2 Å². The zero-order valence-corrected chi connectivity index (χ0v) is 13.0. The second-order valence-corrected chi connectivity index (χ2v) is 5.86. The van der Waals surface area contributed by atoms with Crippen molar-refractivity contribution in [2.45, 2.75) is 19.9 Å². The predicted octanol–water partition coefficient (Wildman–Crippen LogP) is 2.42. The number of hydrogen-bond donors (Lipinski definition) is 2. The highest BCUT2D eigenvalue weighted by atomic mass is 35.5. The third-order valence-electron chi connectivity index (χ3n) is 3.62. The van der Waals surface area contributed by atoms with Crippen molar-refractivity contribution < 1.29 is 0 Å². The molecule has 22 heavy (non-hydrogen) atoms. The Bertz CT molecular complexity index is 870. The van der Waals surface area contributed by atoms with E-state index in [0.29, 0.717) is 27.6 Å². The van der Waals surface area contributed by atoms with Crippen LogP contribution in [-0.2, 0) is 0 Å². The first-order valence-corrected chi connectivity index (χ1v) is 7.35. The van der Waals surface area contributed by atoms with Gasteiger partial charge in [0.2, 0.25) is 0 Å². The Hall–Kier alpha value is -2.18. The van der Waals surface area contributed by atoms with E-state index in [9.17, 15) is 4.79 Å². The van der Waals surface area contributed by atoms with Crippen molar-refractivity contribution in [3.05, 3.63) is 51.7 Å². The zero-order valence-electron chi connectivity index (χ0n) is 12.2. The molecule has 0 aliphatic carbocycles. The maximum atomic E-state index is 12.9. The van der Waals surface area contributed by atoms with Gasteiger partial charge in [-0.05, 0) is 18.1 Å². The van der Waals surface area contributed by atoms with E-state index >= 15 is 0 Å². The van der Waals surface area contributed by atoms with Gasteiger partial charge in [-0.3, -0.25) is 9.89 Å². The molecular formula is C15H16ClN5O. The average Bonchev–Trinajstić information content (AvgIpc) is 2.99. The Morgan fingerprint density at radius 1 is 1.32 bits per heavy atom. The first-order valence-electron chi connectivity index (χ1n) is 6.97. The molecule has 0 amide bonds. The van der Waals surface area contributed by atoms with Crippen LogP contribution in [0.15, 0.2) is 35.3 Å². The monoisotopic (exact) mass is 317 g/mol. The lowest BCUT2D eigenvalue weighted by Crippen LogP contribution is -2.31. The minimum Gasteiger partial charge on any atom is -0.321 e. The van der Waals surface area contributed by atoms with Crippen molar-refractivity contribution in [2.24, 2.45) is 11.7 Å². The van der Waals surface area contributed by atoms with Gasteiger partial charge in [-0.25, -0.2) is 9.55 Å². The third-order valence-corrected chi connectivity index (χ3v) is 3.93. The van der Waals surface area contributed by atoms with Crippen molar-refractivity contribution in [1.82, 2.24) is 19.7 Å². The van der Waals surface area contributed by atoms with Crippen LogP contribution >= 0.6 is 11.6 Å². The average molecular weight is 318 g/mol. The number of nitrogens with one attached hydrogen (secondary N) is 1. The van der Waals surface area contributed by atoms with E-state index in [1.54, 1.807) is 30.5 Å². The zero-order chi connectivity index (χ0) is 15.9. The number of nitrogens with zero attached hydrogens (tertiary/aromatic N) is 3. The smallest absolute Gasteiger partial charge is 0.268 e. The van der Waals surface area contributed by atoms with E-state index in [4.69, 9.17) is 17.3 Å². The molecule has 0 saturated heterocycles. The van der Waals surface area contributed by atoms with Gasteiger partial charge in [0.1, 0.15) is 11.6 Å². The standard InChI is InChI=1S/C15H16ClN5O/c1-8(2)13(17)14-19-10-5-3-4-9(16)12(10)15(22)21(14)11-6-7-18-20-11/h3-8,13H,17H2,1-2H3,(H,18,20)/t13-/m0/s1. The number of rotatable bonds is 3. The van der Waals surface area contributed by atoms with E-state index in [1.807, 2.05) is 13.8 Å². The number of H-pyrrole nitrogens is 1. The van der Waals surface area contributed by atoms with Crippen LogP contribution < -0.4 is 11.3 Å². The molecule has 2 heterocycles. The van der Waals surface area contributed by atoms with Crippen LogP contribution in [0.4, 0.5) is 0 Å². The summed E-state index contributed by atoms with van der Waals surface area (Å²) in [7, 11) is 0.